The van der Waals surface area contributed by atoms with Gasteiger partial charge < -0.3 is 24.8 Å². The maximum atomic E-state index is 13.4. The lowest BCUT2D eigenvalue weighted by Crippen LogP contribution is -2.48. The maximum absolute atomic E-state index is 13.4. The zero-order valence-corrected chi connectivity index (χ0v) is 23.1. The summed E-state index contributed by atoms with van der Waals surface area (Å²) in [6, 6.07) is 6.27. The first-order chi connectivity index (χ1) is 17.5. The highest BCUT2D eigenvalue weighted by atomic mass is 16.5. The third kappa shape index (κ3) is 7.71. The summed E-state index contributed by atoms with van der Waals surface area (Å²) >= 11 is 0. The van der Waals surface area contributed by atoms with Gasteiger partial charge in [0.2, 0.25) is 5.91 Å². The van der Waals surface area contributed by atoms with Gasteiger partial charge in [-0.1, -0.05) is 33.8 Å². The van der Waals surface area contributed by atoms with E-state index in [0.29, 0.717) is 41.5 Å². The summed E-state index contributed by atoms with van der Waals surface area (Å²) in [7, 11) is 4.39. The Morgan fingerprint density at radius 3 is 2.11 bits per heavy atom. The molecule has 1 aromatic carbocycles. The molecule has 2 amide bonds. The Morgan fingerprint density at radius 2 is 1.59 bits per heavy atom. The van der Waals surface area contributed by atoms with Crippen LogP contribution in [-0.4, -0.2) is 61.5 Å². The Morgan fingerprint density at radius 1 is 0.973 bits per heavy atom. The summed E-state index contributed by atoms with van der Waals surface area (Å²) in [6.07, 6.45) is 1.12. The number of ether oxygens (including phenoxy) is 3. The third-order valence-electron chi connectivity index (χ3n) is 6.29. The van der Waals surface area contributed by atoms with Crippen LogP contribution in [0.2, 0.25) is 0 Å². The molecule has 0 aliphatic heterocycles. The van der Waals surface area contributed by atoms with Gasteiger partial charge in [-0.15, -0.1) is 0 Å². The van der Waals surface area contributed by atoms with E-state index in [-0.39, 0.29) is 24.2 Å². The Bertz CT molecular complexity index is 1060. The van der Waals surface area contributed by atoms with E-state index >= 15 is 0 Å². The molecule has 0 saturated carbocycles. The fourth-order valence-electron chi connectivity index (χ4n) is 3.74. The van der Waals surface area contributed by atoms with E-state index < -0.39 is 23.8 Å². The summed E-state index contributed by atoms with van der Waals surface area (Å²) in [5.41, 5.74) is 1.50. The van der Waals surface area contributed by atoms with Crippen molar-refractivity contribution in [3.8, 4) is 22.8 Å². The molecule has 2 atom stereocenters. The molecule has 0 saturated heterocycles. The van der Waals surface area contributed by atoms with Crippen LogP contribution >= 0.6 is 0 Å². The molecule has 2 rings (SSSR count). The molecule has 10 heteroatoms. The molecule has 0 aliphatic carbocycles. The van der Waals surface area contributed by atoms with Gasteiger partial charge in [-0.25, -0.2) is 0 Å². The average Bonchev–Trinajstić information content (AvgIpc) is 3.32. The standard InChI is InChI=1S/C27H40N4O6/c1-16(2)12-13-19(26(33)28-15-24(32)37-8)29-27(34)20-14-21(31(30-20)18(5)17(3)4)25-22(35-6)10-9-11-23(25)36-7/h9-11,14,16-19H,12-13,15H2,1-8H3,(H,28,33)(H,29,34)/t18?,19-/m0/s1. The third-order valence-corrected chi connectivity index (χ3v) is 6.29. The van der Waals surface area contributed by atoms with E-state index in [0.717, 1.165) is 0 Å². The first kappa shape index (κ1) is 29.7. The molecule has 2 aromatic rings. The van der Waals surface area contributed by atoms with Gasteiger partial charge in [-0.05, 0) is 49.8 Å². The van der Waals surface area contributed by atoms with Crippen molar-refractivity contribution in [2.24, 2.45) is 11.8 Å². The van der Waals surface area contributed by atoms with Crippen molar-refractivity contribution in [3.05, 3.63) is 30.0 Å². The topological polar surface area (TPSA) is 121 Å². The number of esters is 1. The monoisotopic (exact) mass is 516 g/mol. The first-order valence-electron chi connectivity index (χ1n) is 12.5. The van der Waals surface area contributed by atoms with Crippen LogP contribution in [-0.2, 0) is 14.3 Å². The predicted molar refractivity (Wildman–Crippen MR) is 141 cm³/mol. The summed E-state index contributed by atoms with van der Waals surface area (Å²) in [5.74, 6) is 0.189. The average molecular weight is 517 g/mol. The van der Waals surface area contributed by atoms with Crippen molar-refractivity contribution in [1.82, 2.24) is 20.4 Å². The fraction of sp³-hybridized carbons (Fsp3) is 0.556. The van der Waals surface area contributed by atoms with Gasteiger partial charge in [0.15, 0.2) is 5.69 Å². The zero-order chi connectivity index (χ0) is 27.7. The van der Waals surface area contributed by atoms with Crippen LogP contribution in [0.4, 0.5) is 0 Å². The van der Waals surface area contributed by atoms with Crippen LogP contribution in [0.25, 0.3) is 11.3 Å². The molecular formula is C27H40N4O6. The van der Waals surface area contributed by atoms with Gasteiger partial charge in [0.05, 0.1) is 38.6 Å². The van der Waals surface area contributed by atoms with Crippen molar-refractivity contribution < 1.29 is 28.6 Å². The highest BCUT2D eigenvalue weighted by molar-refractivity contribution is 5.97. The lowest BCUT2D eigenvalue weighted by atomic mass is 10.0. The number of hydrogen-bond acceptors (Lipinski definition) is 7. The fourth-order valence-corrected chi connectivity index (χ4v) is 3.74. The number of methoxy groups -OCH3 is 3. The van der Waals surface area contributed by atoms with E-state index in [1.807, 2.05) is 39.0 Å². The Hall–Kier alpha value is -3.56. The number of nitrogens with zero attached hydrogens (tertiary/aromatic N) is 2. The van der Waals surface area contributed by atoms with E-state index in [2.05, 4.69) is 34.3 Å². The molecule has 10 nitrogen and oxygen atoms in total. The molecule has 37 heavy (non-hydrogen) atoms. The highest BCUT2D eigenvalue weighted by Gasteiger charge is 2.27. The number of rotatable bonds is 13. The Labute approximate surface area is 219 Å². The van der Waals surface area contributed by atoms with Gasteiger partial charge in [-0.2, -0.15) is 5.10 Å². The van der Waals surface area contributed by atoms with E-state index in [1.165, 1.54) is 7.11 Å². The number of carbonyl (C=O) groups is 3. The number of aromatic nitrogens is 2. The largest absolute Gasteiger partial charge is 0.496 e. The van der Waals surface area contributed by atoms with Gasteiger partial charge in [-0.3, -0.25) is 19.1 Å². The van der Waals surface area contributed by atoms with Crippen LogP contribution in [0.5, 0.6) is 11.5 Å². The number of hydrogen-bond donors (Lipinski definition) is 2. The molecule has 204 valence electrons. The second-order valence-electron chi connectivity index (χ2n) is 9.67. The van der Waals surface area contributed by atoms with Crippen molar-refractivity contribution in [2.75, 3.05) is 27.9 Å². The smallest absolute Gasteiger partial charge is 0.325 e. The molecule has 1 heterocycles. The minimum absolute atomic E-state index is 0.0498. The highest BCUT2D eigenvalue weighted by Crippen LogP contribution is 2.40. The summed E-state index contributed by atoms with van der Waals surface area (Å²) in [4.78, 5) is 37.7. The van der Waals surface area contributed by atoms with Crippen LogP contribution < -0.4 is 20.1 Å². The Balaban J connectivity index is 2.46. The second kappa shape index (κ2) is 13.7. The van der Waals surface area contributed by atoms with E-state index in [9.17, 15) is 14.4 Å². The number of benzene rings is 1. The zero-order valence-electron chi connectivity index (χ0n) is 23.1. The van der Waals surface area contributed by atoms with E-state index in [1.54, 1.807) is 25.0 Å². The first-order valence-corrected chi connectivity index (χ1v) is 12.5. The normalized spacial score (nSPS) is 12.7. The van der Waals surface area contributed by atoms with Crippen molar-refractivity contribution in [3.63, 3.8) is 0 Å². The molecule has 1 aromatic heterocycles. The Kier molecular flexibility index (Phi) is 11.0. The molecule has 1 unspecified atom stereocenters. The van der Waals surface area contributed by atoms with Crippen molar-refractivity contribution in [1.29, 1.82) is 0 Å². The summed E-state index contributed by atoms with van der Waals surface area (Å²) in [5, 5.41) is 9.98. The van der Waals surface area contributed by atoms with Crippen molar-refractivity contribution >= 4 is 17.8 Å². The van der Waals surface area contributed by atoms with Gasteiger partial charge >= 0.3 is 5.97 Å². The van der Waals surface area contributed by atoms with E-state index in [4.69, 9.17) is 9.47 Å². The lowest BCUT2D eigenvalue weighted by Gasteiger charge is -2.21. The van der Waals surface area contributed by atoms with Crippen LogP contribution in [0.15, 0.2) is 24.3 Å². The molecule has 0 bridgehead atoms. The second-order valence-corrected chi connectivity index (χ2v) is 9.67. The van der Waals surface area contributed by atoms with Gasteiger partial charge in [0.25, 0.3) is 5.91 Å². The van der Waals surface area contributed by atoms with Gasteiger partial charge in [0.1, 0.15) is 24.1 Å². The van der Waals surface area contributed by atoms with Crippen LogP contribution in [0.3, 0.4) is 0 Å². The van der Waals surface area contributed by atoms with Gasteiger partial charge in [0, 0.05) is 0 Å². The number of nitrogens with one attached hydrogen (secondary N) is 2. The maximum Gasteiger partial charge on any atom is 0.325 e. The minimum atomic E-state index is -0.837. The summed E-state index contributed by atoms with van der Waals surface area (Å²) in [6.45, 7) is 9.96. The lowest BCUT2D eigenvalue weighted by molar-refractivity contribution is -0.141. The minimum Gasteiger partial charge on any atom is -0.496 e. The SMILES string of the molecule is COC(=O)CNC(=O)[C@H](CCC(C)C)NC(=O)c1cc(-c2c(OC)cccc2OC)n(C(C)C(C)C)n1. The number of carbonyl (C=O) groups excluding carboxylic acids is 3. The summed E-state index contributed by atoms with van der Waals surface area (Å²) < 4.78 is 17.6. The molecule has 0 spiro atoms. The van der Waals surface area contributed by atoms with Crippen LogP contribution in [0.1, 0.15) is 64.0 Å². The molecule has 2 N–H and O–H groups in total. The molecule has 0 aliphatic rings. The predicted octanol–water partition coefficient (Wildman–Crippen LogP) is 3.61. The van der Waals surface area contributed by atoms with Crippen LogP contribution in [0, 0.1) is 11.8 Å². The quantitative estimate of drug-likeness (QED) is 0.390. The number of amides is 2. The van der Waals surface area contributed by atoms with Crippen molar-refractivity contribution in [2.45, 2.75) is 59.5 Å². The molecule has 0 radical (unpaired) electrons. The molecular weight excluding hydrogens is 476 g/mol. The molecule has 0 fully saturated rings.